The molecule has 0 aliphatic carbocycles. The second-order valence-electron chi connectivity index (χ2n) is 3.74. The highest BCUT2D eigenvalue weighted by molar-refractivity contribution is 5.77. The van der Waals surface area contributed by atoms with Crippen LogP contribution in [0.15, 0.2) is 24.3 Å². The standard InChI is InChI=1S/C13H19NO4/c1-11-4-2-3-5-12(11)18-10-13(16)14-6-8-17-9-7-15/h2-5,15H,6-10H2,1H3,(H,14,16). The monoisotopic (exact) mass is 253 g/mol. The smallest absolute Gasteiger partial charge is 0.258 e. The molecule has 0 atom stereocenters. The lowest BCUT2D eigenvalue weighted by Gasteiger charge is -2.09. The normalized spacial score (nSPS) is 10.1. The average Bonchev–Trinajstić information content (AvgIpc) is 2.37. The van der Waals surface area contributed by atoms with Crippen LogP contribution in [-0.2, 0) is 9.53 Å². The van der Waals surface area contributed by atoms with Gasteiger partial charge in [-0.1, -0.05) is 18.2 Å². The third-order valence-corrected chi connectivity index (χ3v) is 2.26. The maximum absolute atomic E-state index is 11.4. The first kappa shape index (κ1) is 14.5. The van der Waals surface area contributed by atoms with Crippen molar-refractivity contribution in [1.29, 1.82) is 0 Å². The highest BCUT2D eigenvalue weighted by Crippen LogP contribution is 2.15. The molecule has 0 aromatic heterocycles. The fourth-order valence-electron chi connectivity index (χ4n) is 1.34. The van der Waals surface area contributed by atoms with Crippen molar-refractivity contribution in [2.24, 2.45) is 0 Å². The zero-order valence-corrected chi connectivity index (χ0v) is 10.5. The van der Waals surface area contributed by atoms with Crippen LogP contribution in [0.1, 0.15) is 5.56 Å². The largest absolute Gasteiger partial charge is 0.484 e. The maximum atomic E-state index is 11.4. The highest BCUT2D eigenvalue weighted by Gasteiger charge is 2.03. The molecule has 100 valence electrons. The number of rotatable bonds is 8. The van der Waals surface area contributed by atoms with E-state index in [2.05, 4.69) is 5.32 Å². The molecule has 0 spiro atoms. The summed E-state index contributed by atoms with van der Waals surface area (Å²) in [5.74, 6) is 0.523. The van der Waals surface area contributed by atoms with Crippen LogP contribution in [0.2, 0.25) is 0 Å². The third-order valence-electron chi connectivity index (χ3n) is 2.26. The second-order valence-corrected chi connectivity index (χ2v) is 3.74. The van der Waals surface area contributed by atoms with Gasteiger partial charge in [-0.25, -0.2) is 0 Å². The fraction of sp³-hybridized carbons (Fsp3) is 0.462. The van der Waals surface area contributed by atoms with Crippen LogP contribution in [-0.4, -0.2) is 44.0 Å². The number of hydrogen-bond donors (Lipinski definition) is 2. The Hall–Kier alpha value is -1.59. The molecule has 0 heterocycles. The summed E-state index contributed by atoms with van der Waals surface area (Å²) in [6.45, 7) is 2.99. The molecular weight excluding hydrogens is 234 g/mol. The van der Waals surface area contributed by atoms with Crippen LogP contribution in [0.3, 0.4) is 0 Å². The van der Waals surface area contributed by atoms with E-state index in [0.717, 1.165) is 5.56 Å². The molecule has 1 aromatic carbocycles. The molecule has 0 aliphatic heterocycles. The van der Waals surface area contributed by atoms with Gasteiger partial charge in [0.05, 0.1) is 19.8 Å². The van der Waals surface area contributed by atoms with Crippen LogP contribution in [0.4, 0.5) is 0 Å². The van der Waals surface area contributed by atoms with E-state index in [0.29, 0.717) is 18.9 Å². The second kappa shape index (κ2) is 8.49. The minimum Gasteiger partial charge on any atom is -0.484 e. The van der Waals surface area contributed by atoms with Gasteiger partial charge >= 0.3 is 0 Å². The van der Waals surface area contributed by atoms with E-state index in [1.54, 1.807) is 0 Å². The fourth-order valence-corrected chi connectivity index (χ4v) is 1.34. The van der Waals surface area contributed by atoms with Gasteiger partial charge in [0.15, 0.2) is 6.61 Å². The van der Waals surface area contributed by atoms with Crippen molar-refractivity contribution in [3.8, 4) is 5.75 Å². The van der Waals surface area contributed by atoms with Crippen LogP contribution < -0.4 is 10.1 Å². The van der Waals surface area contributed by atoms with Gasteiger partial charge in [0.1, 0.15) is 5.75 Å². The Morgan fingerprint density at radius 2 is 2.11 bits per heavy atom. The van der Waals surface area contributed by atoms with E-state index >= 15 is 0 Å². The number of hydrogen-bond acceptors (Lipinski definition) is 4. The van der Waals surface area contributed by atoms with Crippen molar-refractivity contribution in [1.82, 2.24) is 5.32 Å². The summed E-state index contributed by atoms with van der Waals surface area (Å²) in [5, 5.41) is 11.1. The number of aliphatic hydroxyl groups excluding tert-OH is 1. The molecule has 0 radical (unpaired) electrons. The first-order chi connectivity index (χ1) is 8.74. The van der Waals surface area contributed by atoms with E-state index in [9.17, 15) is 4.79 Å². The van der Waals surface area contributed by atoms with Crippen molar-refractivity contribution in [3.05, 3.63) is 29.8 Å². The van der Waals surface area contributed by atoms with Crippen molar-refractivity contribution in [2.75, 3.05) is 33.0 Å². The number of amides is 1. The van der Waals surface area contributed by atoms with Gasteiger partial charge < -0.3 is 19.9 Å². The number of carbonyl (C=O) groups is 1. The van der Waals surface area contributed by atoms with E-state index in [1.165, 1.54) is 0 Å². The number of aryl methyl sites for hydroxylation is 1. The Morgan fingerprint density at radius 3 is 2.83 bits per heavy atom. The van der Waals surface area contributed by atoms with Gasteiger partial charge in [0.2, 0.25) is 0 Å². The quantitative estimate of drug-likeness (QED) is 0.662. The summed E-state index contributed by atoms with van der Waals surface area (Å²) < 4.78 is 10.4. The van der Waals surface area contributed by atoms with Crippen LogP contribution in [0, 0.1) is 6.92 Å². The number of para-hydroxylation sites is 1. The molecule has 0 saturated heterocycles. The number of benzene rings is 1. The maximum Gasteiger partial charge on any atom is 0.258 e. The first-order valence-corrected chi connectivity index (χ1v) is 5.87. The third kappa shape index (κ3) is 5.65. The Balaban J connectivity index is 2.15. The molecule has 18 heavy (non-hydrogen) atoms. The van der Waals surface area contributed by atoms with Crippen LogP contribution in [0.5, 0.6) is 5.75 Å². The van der Waals surface area contributed by atoms with Gasteiger partial charge in [-0.05, 0) is 18.6 Å². The molecule has 0 saturated carbocycles. The SMILES string of the molecule is Cc1ccccc1OCC(=O)NCCOCCO. The lowest BCUT2D eigenvalue weighted by molar-refractivity contribution is -0.123. The predicted octanol–water partition coefficient (Wildman–Crippen LogP) is 0.499. The molecular formula is C13H19NO4. The average molecular weight is 253 g/mol. The minimum absolute atomic E-state index is 0.00907. The van der Waals surface area contributed by atoms with Gasteiger partial charge in [-0.2, -0.15) is 0 Å². The van der Waals surface area contributed by atoms with E-state index < -0.39 is 0 Å². The zero-order valence-electron chi connectivity index (χ0n) is 10.5. The molecule has 1 amide bonds. The van der Waals surface area contributed by atoms with Crippen molar-refractivity contribution in [3.63, 3.8) is 0 Å². The van der Waals surface area contributed by atoms with Crippen molar-refractivity contribution < 1.29 is 19.4 Å². The molecule has 0 bridgehead atoms. The molecule has 5 nitrogen and oxygen atoms in total. The van der Waals surface area contributed by atoms with Gasteiger partial charge in [-0.15, -0.1) is 0 Å². The van der Waals surface area contributed by atoms with Crippen LogP contribution >= 0.6 is 0 Å². The Kier molecular flexibility index (Phi) is 6.83. The topological polar surface area (TPSA) is 67.8 Å². The van der Waals surface area contributed by atoms with Crippen LogP contribution in [0.25, 0.3) is 0 Å². The highest BCUT2D eigenvalue weighted by atomic mass is 16.5. The van der Waals surface area contributed by atoms with E-state index in [-0.39, 0.29) is 25.7 Å². The molecule has 5 heteroatoms. The molecule has 1 rings (SSSR count). The van der Waals surface area contributed by atoms with Crippen molar-refractivity contribution >= 4 is 5.91 Å². The zero-order chi connectivity index (χ0) is 13.2. The molecule has 2 N–H and O–H groups in total. The minimum atomic E-state index is -0.189. The van der Waals surface area contributed by atoms with Gasteiger partial charge in [0, 0.05) is 6.54 Å². The summed E-state index contributed by atoms with van der Waals surface area (Å²) in [4.78, 5) is 11.4. The summed E-state index contributed by atoms with van der Waals surface area (Å²) in [5.41, 5.74) is 0.997. The van der Waals surface area contributed by atoms with Crippen molar-refractivity contribution in [2.45, 2.75) is 6.92 Å². The first-order valence-electron chi connectivity index (χ1n) is 5.87. The predicted molar refractivity (Wildman–Crippen MR) is 67.6 cm³/mol. The Morgan fingerprint density at radius 1 is 1.33 bits per heavy atom. The summed E-state index contributed by atoms with van der Waals surface area (Å²) in [7, 11) is 0. The Labute approximate surface area is 107 Å². The lowest BCUT2D eigenvalue weighted by atomic mass is 10.2. The summed E-state index contributed by atoms with van der Waals surface area (Å²) in [6.07, 6.45) is 0. The lowest BCUT2D eigenvalue weighted by Crippen LogP contribution is -2.31. The molecule has 1 aromatic rings. The van der Waals surface area contributed by atoms with Gasteiger partial charge in [-0.3, -0.25) is 4.79 Å². The number of carbonyl (C=O) groups excluding carboxylic acids is 1. The molecule has 0 unspecified atom stereocenters. The summed E-state index contributed by atoms with van der Waals surface area (Å²) in [6, 6.07) is 7.53. The summed E-state index contributed by atoms with van der Waals surface area (Å²) >= 11 is 0. The number of ether oxygens (including phenoxy) is 2. The van der Waals surface area contributed by atoms with Gasteiger partial charge in [0.25, 0.3) is 5.91 Å². The number of nitrogens with one attached hydrogen (secondary N) is 1. The Bertz CT molecular complexity index is 368. The van der Waals surface area contributed by atoms with E-state index in [4.69, 9.17) is 14.6 Å². The number of aliphatic hydroxyl groups is 1. The molecule has 0 fully saturated rings. The molecule has 0 aliphatic rings. The van der Waals surface area contributed by atoms with E-state index in [1.807, 2.05) is 31.2 Å².